The summed E-state index contributed by atoms with van der Waals surface area (Å²) in [6, 6.07) is 17.4. The maximum Gasteiger partial charge on any atom is 0.0849 e. The summed E-state index contributed by atoms with van der Waals surface area (Å²) in [6.45, 7) is 7.84. The van der Waals surface area contributed by atoms with E-state index in [2.05, 4.69) is 9.98 Å². The molecule has 2 aromatic carbocycles. The van der Waals surface area contributed by atoms with Gasteiger partial charge in [0.15, 0.2) is 0 Å². The van der Waals surface area contributed by atoms with Gasteiger partial charge in [-0.3, -0.25) is 0 Å². The van der Waals surface area contributed by atoms with Gasteiger partial charge >= 0.3 is 0 Å². The Hall–Kier alpha value is -2.49. The highest BCUT2D eigenvalue weighted by molar-refractivity contribution is 6.33. The molecule has 1 heterocycles. The van der Waals surface area contributed by atoms with Gasteiger partial charge in [-0.1, -0.05) is 41.4 Å². The van der Waals surface area contributed by atoms with Gasteiger partial charge in [-0.2, -0.15) is 0 Å². The number of halogens is 2. The smallest absolute Gasteiger partial charge is 0.0849 e. The summed E-state index contributed by atoms with van der Waals surface area (Å²) in [7, 11) is 0. The van der Waals surface area contributed by atoms with Gasteiger partial charge in [0.05, 0.1) is 44.2 Å². The Morgan fingerprint density at radius 1 is 0.714 bits per heavy atom. The van der Waals surface area contributed by atoms with Crippen molar-refractivity contribution in [3.05, 3.63) is 87.2 Å². The van der Waals surface area contributed by atoms with Gasteiger partial charge in [0.1, 0.15) is 0 Å². The molecule has 1 aromatic heterocycles. The van der Waals surface area contributed by atoms with Gasteiger partial charge in [0.25, 0.3) is 0 Å². The number of pyridine rings is 1. The molecule has 28 heavy (non-hydrogen) atoms. The molecule has 0 saturated carbocycles. The molecule has 0 aliphatic carbocycles. The van der Waals surface area contributed by atoms with Crippen LogP contribution >= 0.6 is 23.2 Å². The van der Waals surface area contributed by atoms with Crippen LogP contribution in [0.4, 0.5) is 11.4 Å². The number of aromatic nitrogens is 1. The molecule has 0 saturated heterocycles. The van der Waals surface area contributed by atoms with Crippen LogP contribution in [0.5, 0.6) is 0 Å². The molecule has 0 aliphatic heterocycles. The van der Waals surface area contributed by atoms with Crippen LogP contribution in [0.2, 0.25) is 10.0 Å². The van der Waals surface area contributed by atoms with E-state index < -0.39 is 0 Å². The van der Waals surface area contributed by atoms with Crippen molar-refractivity contribution in [2.75, 3.05) is 0 Å². The summed E-state index contributed by atoms with van der Waals surface area (Å²) in [4.78, 5) is 14.0. The normalized spacial score (nSPS) is 12.4. The number of aliphatic imine (C=N–C) groups is 2. The fourth-order valence-corrected chi connectivity index (χ4v) is 3.27. The molecule has 142 valence electrons. The number of aryl methyl sites for hydroxylation is 2. The van der Waals surface area contributed by atoms with Crippen molar-refractivity contribution < 1.29 is 0 Å². The van der Waals surface area contributed by atoms with E-state index in [4.69, 9.17) is 28.2 Å². The highest BCUT2D eigenvalue weighted by Crippen LogP contribution is 2.27. The molecular weight excluding hydrogens is 389 g/mol. The van der Waals surface area contributed by atoms with Gasteiger partial charge < -0.3 is 0 Å². The molecule has 5 heteroatoms. The first-order valence-electron chi connectivity index (χ1n) is 8.94. The molecule has 0 N–H and O–H groups in total. The van der Waals surface area contributed by atoms with Crippen LogP contribution in [0.25, 0.3) is 0 Å². The maximum atomic E-state index is 6.30. The average molecular weight is 410 g/mol. The number of benzene rings is 2. The minimum absolute atomic E-state index is 0.627. The van der Waals surface area contributed by atoms with E-state index in [9.17, 15) is 0 Å². The predicted molar refractivity (Wildman–Crippen MR) is 120 cm³/mol. The van der Waals surface area contributed by atoms with Crippen LogP contribution in [0, 0.1) is 13.8 Å². The Bertz CT molecular complexity index is 1000. The first kappa shape index (κ1) is 20.2. The summed E-state index contributed by atoms with van der Waals surface area (Å²) < 4.78 is 0. The van der Waals surface area contributed by atoms with Crippen LogP contribution in [0.1, 0.15) is 36.4 Å². The van der Waals surface area contributed by atoms with Gasteiger partial charge in [-0.25, -0.2) is 15.0 Å². The van der Waals surface area contributed by atoms with Crippen molar-refractivity contribution in [2.45, 2.75) is 27.7 Å². The lowest BCUT2D eigenvalue weighted by Crippen LogP contribution is -2.05. The van der Waals surface area contributed by atoms with Gasteiger partial charge in [-0.15, -0.1) is 0 Å². The highest BCUT2D eigenvalue weighted by atomic mass is 35.5. The number of rotatable bonds is 4. The third-order valence-electron chi connectivity index (χ3n) is 4.27. The van der Waals surface area contributed by atoms with Crippen molar-refractivity contribution in [3.8, 4) is 0 Å². The molecule has 3 nitrogen and oxygen atoms in total. The fourth-order valence-electron chi connectivity index (χ4n) is 2.72. The van der Waals surface area contributed by atoms with E-state index in [0.717, 1.165) is 45.3 Å². The zero-order chi connectivity index (χ0) is 20.3. The van der Waals surface area contributed by atoms with Crippen LogP contribution in [0.3, 0.4) is 0 Å². The Kier molecular flexibility index (Phi) is 6.28. The Morgan fingerprint density at radius 3 is 1.54 bits per heavy atom. The second-order valence-corrected chi connectivity index (χ2v) is 7.53. The molecule has 3 aromatic rings. The van der Waals surface area contributed by atoms with Crippen LogP contribution in [0.15, 0.2) is 64.6 Å². The molecule has 0 aliphatic rings. The summed E-state index contributed by atoms with van der Waals surface area (Å²) in [5, 5.41) is 1.25. The number of nitrogens with zero attached hydrogens (tertiary/aromatic N) is 3. The van der Waals surface area contributed by atoms with Crippen molar-refractivity contribution in [2.24, 2.45) is 9.98 Å². The second kappa shape index (κ2) is 8.68. The van der Waals surface area contributed by atoms with Crippen molar-refractivity contribution in [1.82, 2.24) is 4.98 Å². The predicted octanol–water partition coefficient (Wildman–Crippen LogP) is 7.29. The minimum atomic E-state index is 0.627. The Balaban J connectivity index is 1.93. The van der Waals surface area contributed by atoms with Gasteiger partial charge in [0.2, 0.25) is 0 Å². The molecular formula is C23H21Cl2N3. The average Bonchev–Trinajstić information content (AvgIpc) is 2.66. The van der Waals surface area contributed by atoms with Crippen molar-refractivity contribution in [3.63, 3.8) is 0 Å². The summed E-state index contributed by atoms with van der Waals surface area (Å²) in [5.74, 6) is 0. The third-order valence-corrected chi connectivity index (χ3v) is 4.88. The lowest BCUT2D eigenvalue weighted by atomic mass is 10.2. The Labute approximate surface area is 175 Å². The molecule has 0 amide bonds. The molecule has 0 unspecified atom stereocenters. The number of hydrogen-bond donors (Lipinski definition) is 0. The summed E-state index contributed by atoms with van der Waals surface area (Å²) in [5.41, 5.74) is 6.79. The minimum Gasteiger partial charge on any atom is -0.250 e. The fraction of sp³-hybridized carbons (Fsp3) is 0.174. The SMILES string of the molecule is CC(=Nc1ccc(C)cc1Cl)c1cccc(C(C)=Nc2ccc(C)cc2Cl)n1. The first-order chi connectivity index (χ1) is 13.3. The quantitative estimate of drug-likeness (QED) is 0.416. The summed E-state index contributed by atoms with van der Waals surface area (Å²) in [6.07, 6.45) is 0. The van der Waals surface area contributed by atoms with E-state index in [1.54, 1.807) is 0 Å². The van der Waals surface area contributed by atoms with Crippen LogP contribution in [-0.2, 0) is 0 Å². The van der Waals surface area contributed by atoms with E-state index in [0.29, 0.717) is 10.0 Å². The lowest BCUT2D eigenvalue weighted by Gasteiger charge is -2.07. The topological polar surface area (TPSA) is 37.6 Å². The van der Waals surface area contributed by atoms with Crippen molar-refractivity contribution >= 4 is 46.0 Å². The largest absolute Gasteiger partial charge is 0.250 e. The van der Waals surface area contributed by atoms with Gasteiger partial charge in [0, 0.05) is 0 Å². The standard InChI is InChI=1S/C23H21Cl2N3/c1-14-8-10-22(18(24)12-14)26-16(3)20-6-5-7-21(28-20)17(4)27-23-11-9-15(2)13-19(23)25/h5-13H,1-4H3. The first-order valence-corrected chi connectivity index (χ1v) is 9.70. The van der Waals surface area contributed by atoms with Gasteiger partial charge in [-0.05, 0) is 75.2 Å². The summed E-state index contributed by atoms with van der Waals surface area (Å²) >= 11 is 12.6. The molecule has 0 spiro atoms. The monoisotopic (exact) mass is 409 g/mol. The van der Waals surface area contributed by atoms with E-state index in [1.807, 2.05) is 82.3 Å². The molecule has 0 radical (unpaired) electrons. The number of hydrogen-bond acceptors (Lipinski definition) is 3. The third kappa shape index (κ3) is 4.86. The zero-order valence-corrected chi connectivity index (χ0v) is 17.8. The highest BCUT2D eigenvalue weighted by Gasteiger charge is 2.07. The zero-order valence-electron chi connectivity index (χ0n) is 16.3. The molecule has 3 rings (SSSR count). The van der Waals surface area contributed by atoms with E-state index in [1.165, 1.54) is 0 Å². The molecule has 0 bridgehead atoms. The van der Waals surface area contributed by atoms with E-state index in [-0.39, 0.29) is 0 Å². The van der Waals surface area contributed by atoms with Crippen molar-refractivity contribution in [1.29, 1.82) is 0 Å². The van der Waals surface area contributed by atoms with Crippen LogP contribution in [-0.4, -0.2) is 16.4 Å². The maximum absolute atomic E-state index is 6.30. The van der Waals surface area contributed by atoms with E-state index >= 15 is 0 Å². The molecule has 0 atom stereocenters. The second-order valence-electron chi connectivity index (χ2n) is 6.71. The van der Waals surface area contributed by atoms with Crippen LogP contribution < -0.4 is 0 Å². The Morgan fingerprint density at radius 2 is 1.14 bits per heavy atom. The lowest BCUT2D eigenvalue weighted by molar-refractivity contribution is 1.24. The molecule has 0 fully saturated rings.